The fraction of sp³-hybridized carbons (Fsp3) is 0.588. The maximum absolute atomic E-state index is 11.0. The Morgan fingerprint density at radius 2 is 1.76 bits per heavy atom. The lowest BCUT2D eigenvalue weighted by Crippen LogP contribution is -2.39. The van der Waals surface area contributed by atoms with E-state index in [4.69, 9.17) is 5.11 Å². The lowest BCUT2D eigenvalue weighted by atomic mass is 10.00. The van der Waals surface area contributed by atoms with Crippen LogP contribution in [0.1, 0.15) is 37.8 Å². The van der Waals surface area contributed by atoms with Gasteiger partial charge in [-0.15, -0.1) is 0 Å². The summed E-state index contributed by atoms with van der Waals surface area (Å²) in [6.45, 7) is 9.06. The highest BCUT2D eigenvalue weighted by Crippen LogP contribution is 2.17. The van der Waals surface area contributed by atoms with Crippen LogP contribution in [-0.2, 0) is 11.3 Å². The van der Waals surface area contributed by atoms with Crippen molar-refractivity contribution in [2.75, 3.05) is 27.2 Å². The van der Waals surface area contributed by atoms with E-state index >= 15 is 0 Å². The number of likely N-dealkylation sites (N-methyl/N-ethyl adjacent to an activating group) is 2. The Morgan fingerprint density at radius 1 is 1.19 bits per heavy atom. The van der Waals surface area contributed by atoms with Gasteiger partial charge in [0.1, 0.15) is 0 Å². The largest absolute Gasteiger partial charge is 0.481 e. The van der Waals surface area contributed by atoms with E-state index in [-0.39, 0.29) is 0 Å². The zero-order chi connectivity index (χ0) is 16.0. The Kier molecular flexibility index (Phi) is 6.85. The second-order valence-corrected chi connectivity index (χ2v) is 5.98. The average molecular weight is 292 g/mol. The first-order valence-electron chi connectivity index (χ1n) is 7.55. The van der Waals surface area contributed by atoms with Crippen LogP contribution >= 0.6 is 0 Å². The zero-order valence-corrected chi connectivity index (χ0v) is 13.8. The number of aliphatic carboxylic acids is 1. The molecule has 2 atom stereocenters. The van der Waals surface area contributed by atoms with Gasteiger partial charge in [-0.05, 0) is 45.6 Å². The number of carboxylic acids is 1. The highest BCUT2D eigenvalue weighted by molar-refractivity contribution is 5.75. The summed E-state index contributed by atoms with van der Waals surface area (Å²) in [6, 6.07) is 8.43. The van der Waals surface area contributed by atoms with Gasteiger partial charge in [0.2, 0.25) is 0 Å². The van der Waals surface area contributed by atoms with E-state index in [9.17, 15) is 4.79 Å². The number of hydrogen-bond donors (Lipinski definition) is 1. The van der Waals surface area contributed by atoms with Crippen molar-refractivity contribution in [3.8, 4) is 0 Å². The third-order valence-corrected chi connectivity index (χ3v) is 3.89. The number of hydrogen-bond acceptors (Lipinski definition) is 3. The minimum absolute atomic E-state index is 0.450. The molecule has 0 fully saturated rings. The number of nitrogens with zero attached hydrogens (tertiary/aromatic N) is 2. The molecular weight excluding hydrogens is 264 g/mol. The summed E-state index contributed by atoms with van der Waals surface area (Å²) in [7, 11) is 4.18. The summed E-state index contributed by atoms with van der Waals surface area (Å²) in [5.41, 5.74) is 2.08. The monoisotopic (exact) mass is 292 g/mol. The van der Waals surface area contributed by atoms with Crippen molar-refractivity contribution in [3.05, 3.63) is 35.4 Å². The molecular formula is C17H28N2O2. The highest BCUT2D eigenvalue weighted by atomic mass is 16.4. The Labute approximate surface area is 128 Å². The second kappa shape index (κ2) is 8.15. The fourth-order valence-corrected chi connectivity index (χ4v) is 2.51. The summed E-state index contributed by atoms with van der Waals surface area (Å²) in [6.07, 6.45) is 0. The standard InChI is InChI=1S/C17H28N2O2/c1-6-19(13(2)11-18(4)5)12-15-7-9-16(10-8-15)14(3)17(20)21/h7-10,13-14H,6,11-12H2,1-5H3,(H,20,21). The Balaban J connectivity index is 2.71. The molecule has 0 aliphatic rings. The van der Waals surface area contributed by atoms with Crippen molar-refractivity contribution in [2.45, 2.75) is 39.3 Å². The van der Waals surface area contributed by atoms with E-state index in [2.05, 4.69) is 37.7 Å². The summed E-state index contributed by atoms with van der Waals surface area (Å²) >= 11 is 0. The summed E-state index contributed by atoms with van der Waals surface area (Å²) in [5, 5.41) is 9.03. The van der Waals surface area contributed by atoms with Crippen molar-refractivity contribution in [3.63, 3.8) is 0 Å². The zero-order valence-electron chi connectivity index (χ0n) is 13.8. The van der Waals surface area contributed by atoms with E-state index < -0.39 is 11.9 Å². The van der Waals surface area contributed by atoms with E-state index in [1.54, 1.807) is 6.92 Å². The molecule has 0 aliphatic carbocycles. The van der Waals surface area contributed by atoms with Gasteiger partial charge in [0.25, 0.3) is 0 Å². The molecule has 0 aromatic heterocycles. The fourth-order valence-electron chi connectivity index (χ4n) is 2.51. The lowest BCUT2D eigenvalue weighted by molar-refractivity contribution is -0.138. The molecule has 4 heteroatoms. The van der Waals surface area contributed by atoms with E-state index in [0.29, 0.717) is 6.04 Å². The maximum Gasteiger partial charge on any atom is 0.310 e. The van der Waals surface area contributed by atoms with Crippen LogP contribution in [0.2, 0.25) is 0 Å². The van der Waals surface area contributed by atoms with Gasteiger partial charge in [0.05, 0.1) is 5.92 Å². The van der Waals surface area contributed by atoms with E-state index in [0.717, 1.165) is 25.2 Å². The molecule has 1 rings (SSSR count). The number of carboxylic acid groups (broad SMARTS) is 1. The maximum atomic E-state index is 11.0. The molecule has 1 aromatic carbocycles. The van der Waals surface area contributed by atoms with Gasteiger partial charge >= 0.3 is 5.97 Å². The van der Waals surface area contributed by atoms with Gasteiger partial charge in [-0.1, -0.05) is 31.2 Å². The first-order valence-corrected chi connectivity index (χ1v) is 7.55. The lowest BCUT2D eigenvalue weighted by Gasteiger charge is -2.30. The normalized spacial score (nSPS) is 14.4. The van der Waals surface area contributed by atoms with E-state index in [1.165, 1.54) is 5.56 Å². The van der Waals surface area contributed by atoms with Crippen molar-refractivity contribution in [1.82, 2.24) is 9.80 Å². The van der Waals surface area contributed by atoms with E-state index in [1.807, 2.05) is 24.3 Å². The molecule has 1 N–H and O–H groups in total. The van der Waals surface area contributed by atoms with Gasteiger partial charge < -0.3 is 10.0 Å². The first kappa shape index (κ1) is 17.7. The number of carbonyl (C=O) groups is 1. The minimum atomic E-state index is -0.780. The van der Waals surface area contributed by atoms with Gasteiger partial charge in [-0.3, -0.25) is 9.69 Å². The smallest absolute Gasteiger partial charge is 0.310 e. The third-order valence-electron chi connectivity index (χ3n) is 3.89. The van der Waals surface area contributed by atoms with Crippen molar-refractivity contribution < 1.29 is 9.90 Å². The molecule has 0 saturated carbocycles. The quantitative estimate of drug-likeness (QED) is 0.800. The second-order valence-electron chi connectivity index (χ2n) is 5.98. The summed E-state index contributed by atoms with van der Waals surface area (Å²) < 4.78 is 0. The molecule has 118 valence electrons. The van der Waals surface area contributed by atoms with Gasteiger partial charge in [0.15, 0.2) is 0 Å². The molecule has 0 amide bonds. The molecule has 2 unspecified atom stereocenters. The third kappa shape index (κ3) is 5.48. The van der Waals surface area contributed by atoms with Crippen LogP contribution in [-0.4, -0.2) is 54.1 Å². The topological polar surface area (TPSA) is 43.8 Å². The van der Waals surface area contributed by atoms with Gasteiger partial charge in [-0.2, -0.15) is 0 Å². The first-order chi connectivity index (χ1) is 9.85. The Bertz CT molecular complexity index is 443. The highest BCUT2D eigenvalue weighted by Gasteiger charge is 2.15. The van der Waals surface area contributed by atoms with Crippen LogP contribution in [0.25, 0.3) is 0 Å². The molecule has 4 nitrogen and oxygen atoms in total. The predicted octanol–water partition coefficient (Wildman–Crippen LogP) is 2.65. The molecule has 0 spiro atoms. The van der Waals surface area contributed by atoms with Crippen molar-refractivity contribution in [2.24, 2.45) is 0 Å². The molecule has 0 aliphatic heterocycles. The molecule has 0 radical (unpaired) electrons. The van der Waals surface area contributed by atoms with Crippen LogP contribution in [0.3, 0.4) is 0 Å². The van der Waals surface area contributed by atoms with Crippen molar-refractivity contribution in [1.29, 1.82) is 0 Å². The Hall–Kier alpha value is -1.39. The summed E-state index contributed by atoms with van der Waals surface area (Å²) in [5.74, 6) is -1.23. The number of rotatable bonds is 8. The molecule has 0 heterocycles. The average Bonchev–Trinajstić information content (AvgIpc) is 2.43. The molecule has 0 saturated heterocycles. The molecule has 1 aromatic rings. The van der Waals surface area contributed by atoms with Crippen LogP contribution < -0.4 is 0 Å². The molecule has 21 heavy (non-hydrogen) atoms. The van der Waals surface area contributed by atoms with Gasteiger partial charge in [0, 0.05) is 19.1 Å². The van der Waals surface area contributed by atoms with Crippen LogP contribution in [0, 0.1) is 0 Å². The predicted molar refractivity (Wildman–Crippen MR) is 86.6 cm³/mol. The SMILES string of the molecule is CCN(Cc1ccc(C(C)C(=O)O)cc1)C(C)CN(C)C. The molecule has 0 bridgehead atoms. The Morgan fingerprint density at radius 3 is 2.19 bits per heavy atom. The summed E-state index contributed by atoms with van der Waals surface area (Å²) in [4.78, 5) is 15.6. The van der Waals surface area contributed by atoms with Gasteiger partial charge in [-0.25, -0.2) is 0 Å². The number of benzene rings is 1. The van der Waals surface area contributed by atoms with Crippen LogP contribution in [0.4, 0.5) is 0 Å². The minimum Gasteiger partial charge on any atom is -0.481 e. The van der Waals surface area contributed by atoms with Crippen LogP contribution in [0.15, 0.2) is 24.3 Å². The van der Waals surface area contributed by atoms with Crippen molar-refractivity contribution >= 4 is 5.97 Å². The van der Waals surface area contributed by atoms with Crippen LogP contribution in [0.5, 0.6) is 0 Å².